The average Bonchev–Trinajstić information content (AvgIpc) is 2.35. The number of benzene rings is 1. The van der Waals surface area contributed by atoms with Crippen LogP contribution in [0, 0.1) is 0 Å². The highest BCUT2D eigenvalue weighted by Gasteiger charge is 2.16. The smallest absolute Gasteiger partial charge is 0.0690 e. The van der Waals surface area contributed by atoms with Gasteiger partial charge in [0.15, 0.2) is 0 Å². The number of thiocarbonyl (C=S) groups is 1. The fourth-order valence-corrected chi connectivity index (χ4v) is 1.97. The fourth-order valence-electron chi connectivity index (χ4n) is 1.90. The second-order valence-corrected chi connectivity index (χ2v) is 3.76. The molecule has 3 heteroatoms. The zero-order valence-corrected chi connectivity index (χ0v) is 10.7. The lowest BCUT2D eigenvalue weighted by Gasteiger charge is -2.28. The minimum absolute atomic E-state index is 0.312. The van der Waals surface area contributed by atoms with E-state index < -0.39 is 0 Å². The molecule has 1 atom stereocenters. The SMILES string of the molecule is CCN(CC)C(CN=C=S)c1ccccc1. The third-order valence-electron chi connectivity index (χ3n) is 2.77. The Balaban J connectivity index is 2.90. The van der Waals surface area contributed by atoms with Gasteiger partial charge < -0.3 is 0 Å². The van der Waals surface area contributed by atoms with E-state index in [9.17, 15) is 0 Å². The molecule has 1 aromatic rings. The number of hydrogen-bond acceptors (Lipinski definition) is 3. The molecule has 2 nitrogen and oxygen atoms in total. The summed E-state index contributed by atoms with van der Waals surface area (Å²) in [4.78, 5) is 6.47. The van der Waals surface area contributed by atoms with E-state index in [1.165, 1.54) is 5.56 Å². The first-order valence-corrected chi connectivity index (χ1v) is 6.06. The number of aliphatic imine (C=N–C) groups is 1. The molecule has 0 amide bonds. The van der Waals surface area contributed by atoms with E-state index >= 15 is 0 Å². The summed E-state index contributed by atoms with van der Waals surface area (Å²) in [5.74, 6) is 0. The van der Waals surface area contributed by atoms with Gasteiger partial charge in [0.2, 0.25) is 0 Å². The van der Waals surface area contributed by atoms with Gasteiger partial charge >= 0.3 is 0 Å². The lowest BCUT2D eigenvalue weighted by Crippen LogP contribution is -2.30. The number of hydrogen-bond donors (Lipinski definition) is 0. The number of likely N-dealkylation sites (N-methyl/N-ethyl adjacent to an activating group) is 1. The van der Waals surface area contributed by atoms with Gasteiger partial charge in [0, 0.05) is 0 Å². The predicted molar refractivity (Wildman–Crippen MR) is 72.0 cm³/mol. The van der Waals surface area contributed by atoms with Crippen molar-refractivity contribution in [3.8, 4) is 0 Å². The summed E-state index contributed by atoms with van der Waals surface area (Å²) in [7, 11) is 0. The molecule has 0 spiro atoms. The monoisotopic (exact) mass is 234 g/mol. The number of rotatable bonds is 6. The number of isothiocyanates is 1. The van der Waals surface area contributed by atoms with Crippen LogP contribution in [0.25, 0.3) is 0 Å². The Labute approximate surface area is 103 Å². The topological polar surface area (TPSA) is 15.6 Å². The van der Waals surface area contributed by atoms with Crippen molar-refractivity contribution in [2.45, 2.75) is 19.9 Å². The summed E-state index contributed by atoms with van der Waals surface area (Å²) in [6, 6.07) is 10.8. The van der Waals surface area contributed by atoms with E-state index in [1.807, 2.05) is 6.07 Å². The van der Waals surface area contributed by atoms with Crippen molar-refractivity contribution >= 4 is 17.4 Å². The van der Waals surface area contributed by atoms with Crippen LogP contribution >= 0.6 is 12.2 Å². The molecule has 0 radical (unpaired) electrons. The van der Waals surface area contributed by atoms with E-state index in [0.717, 1.165) is 13.1 Å². The van der Waals surface area contributed by atoms with Crippen molar-refractivity contribution in [3.05, 3.63) is 35.9 Å². The molecule has 0 saturated heterocycles. The predicted octanol–water partition coefficient (Wildman–Crippen LogP) is 3.17. The van der Waals surface area contributed by atoms with Gasteiger partial charge in [-0.3, -0.25) is 4.90 Å². The Morgan fingerprint density at radius 1 is 1.25 bits per heavy atom. The summed E-state index contributed by atoms with van der Waals surface area (Å²) < 4.78 is 0. The van der Waals surface area contributed by atoms with Crippen LogP contribution in [0.2, 0.25) is 0 Å². The second-order valence-electron chi connectivity index (χ2n) is 3.58. The van der Waals surface area contributed by atoms with E-state index in [4.69, 9.17) is 0 Å². The van der Waals surface area contributed by atoms with Gasteiger partial charge in [0.25, 0.3) is 0 Å². The highest BCUT2D eigenvalue weighted by molar-refractivity contribution is 7.78. The van der Waals surface area contributed by atoms with Crippen LogP contribution in [0.15, 0.2) is 35.3 Å². The molecule has 0 aliphatic heterocycles. The molecule has 1 unspecified atom stereocenters. The molecular formula is C13H18N2S. The first-order chi connectivity index (χ1) is 7.83. The molecule has 0 bridgehead atoms. The van der Waals surface area contributed by atoms with E-state index in [2.05, 4.69) is 65.4 Å². The quantitative estimate of drug-likeness (QED) is 0.555. The first-order valence-electron chi connectivity index (χ1n) is 5.66. The zero-order valence-electron chi connectivity index (χ0n) is 9.89. The van der Waals surface area contributed by atoms with Crippen LogP contribution in [0.5, 0.6) is 0 Å². The third kappa shape index (κ3) is 3.53. The van der Waals surface area contributed by atoms with Crippen LogP contribution in [0.1, 0.15) is 25.5 Å². The molecule has 0 heterocycles. The van der Waals surface area contributed by atoms with Crippen LogP contribution in [-0.4, -0.2) is 29.7 Å². The lowest BCUT2D eigenvalue weighted by molar-refractivity contribution is 0.224. The van der Waals surface area contributed by atoms with Gasteiger partial charge in [-0.15, -0.1) is 0 Å². The molecular weight excluding hydrogens is 216 g/mol. The van der Waals surface area contributed by atoms with Gasteiger partial charge in [-0.1, -0.05) is 44.2 Å². The molecule has 0 aliphatic carbocycles. The maximum Gasteiger partial charge on any atom is 0.0690 e. The van der Waals surface area contributed by atoms with Crippen LogP contribution in [-0.2, 0) is 0 Å². The van der Waals surface area contributed by atoms with Gasteiger partial charge in [0.1, 0.15) is 0 Å². The number of nitrogens with zero attached hydrogens (tertiary/aromatic N) is 2. The van der Waals surface area contributed by atoms with Crippen molar-refractivity contribution in [1.82, 2.24) is 4.90 Å². The third-order valence-corrected chi connectivity index (χ3v) is 2.90. The highest BCUT2D eigenvalue weighted by atomic mass is 32.1. The summed E-state index contributed by atoms with van der Waals surface area (Å²) in [6.07, 6.45) is 0. The maximum absolute atomic E-state index is 4.64. The Morgan fingerprint density at radius 2 is 1.88 bits per heavy atom. The first kappa shape index (κ1) is 13.0. The minimum atomic E-state index is 0.312. The summed E-state index contributed by atoms with van der Waals surface area (Å²) >= 11 is 4.64. The van der Waals surface area contributed by atoms with Gasteiger partial charge in [-0.25, -0.2) is 4.99 Å². The van der Waals surface area contributed by atoms with Crippen molar-refractivity contribution < 1.29 is 0 Å². The molecule has 1 rings (SSSR count). The average molecular weight is 234 g/mol. The van der Waals surface area contributed by atoms with Crippen LogP contribution < -0.4 is 0 Å². The van der Waals surface area contributed by atoms with Gasteiger partial charge in [0.05, 0.1) is 17.7 Å². The summed E-state index contributed by atoms with van der Waals surface area (Å²) in [6.45, 7) is 7.06. The fraction of sp³-hybridized carbons (Fsp3) is 0.462. The minimum Gasteiger partial charge on any atom is -0.295 e. The summed E-state index contributed by atoms with van der Waals surface area (Å²) in [5.41, 5.74) is 1.29. The molecule has 16 heavy (non-hydrogen) atoms. The lowest BCUT2D eigenvalue weighted by atomic mass is 10.1. The molecule has 1 aromatic carbocycles. The molecule has 86 valence electrons. The standard InChI is InChI=1S/C13H18N2S/c1-3-15(4-2)13(10-14-11-16)12-8-6-5-7-9-12/h5-9,13H,3-4,10H2,1-2H3. The molecule has 0 saturated carbocycles. The van der Waals surface area contributed by atoms with E-state index in [0.29, 0.717) is 12.6 Å². The summed E-state index contributed by atoms with van der Waals surface area (Å²) in [5, 5.41) is 2.45. The van der Waals surface area contributed by atoms with Gasteiger partial charge in [-0.05, 0) is 30.9 Å². The normalized spacial score (nSPS) is 12.2. The highest BCUT2D eigenvalue weighted by Crippen LogP contribution is 2.20. The molecule has 0 aliphatic rings. The van der Waals surface area contributed by atoms with E-state index in [1.54, 1.807) is 0 Å². The van der Waals surface area contributed by atoms with Gasteiger partial charge in [-0.2, -0.15) is 0 Å². The Morgan fingerprint density at radius 3 is 2.38 bits per heavy atom. The Hall–Kier alpha value is -1.02. The second kappa shape index (κ2) is 7.29. The van der Waals surface area contributed by atoms with Crippen molar-refractivity contribution in [2.24, 2.45) is 4.99 Å². The zero-order chi connectivity index (χ0) is 11.8. The van der Waals surface area contributed by atoms with Crippen molar-refractivity contribution in [3.63, 3.8) is 0 Å². The molecule has 0 N–H and O–H groups in total. The Kier molecular flexibility index (Phi) is 5.94. The van der Waals surface area contributed by atoms with Crippen LogP contribution in [0.4, 0.5) is 0 Å². The molecule has 0 fully saturated rings. The van der Waals surface area contributed by atoms with Crippen molar-refractivity contribution in [1.29, 1.82) is 0 Å². The van der Waals surface area contributed by atoms with Crippen LogP contribution in [0.3, 0.4) is 0 Å². The maximum atomic E-state index is 4.64. The largest absolute Gasteiger partial charge is 0.295 e. The molecule has 0 aromatic heterocycles. The van der Waals surface area contributed by atoms with Crippen molar-refractivity contribution in [2.75, 3.05) is 19.6 Å². The Bertz CT molecular complexity index is 340. The van der Waals surface area contributed by atoms with E-state index in [-0.39, 0.29) is 0 Å².